The quantitative estimate of drug-likeness (QED) is 0.643. The number of hydrogen-bond acceptors (Lipinski definition) is 4. The summed E-state index contributed by atoms with van der Waals surface area (Å²) in [6.45, 7) is 0.800. The Balaban J connectivity index is 0. The predicted octanol–water partition coefficient (Wildman–Crippen LogP) is 3.40. The molecule has 1 aromatic heterocycles. The fourth-order valence-corrected chi connectivity index (χ4v) is 2.83. The van der Waals surface area contributed by atoms with Crippen molar-refractivity contribution in [2.24, 2.45) is 5.73 Å². The van der Waals surface area contributed by atoms with Crippen LogP contribution in [-0.2, 0) is 0 Å². The first-order valence-electron chi connectivity index (χ1n) is 4.34. The molecule has 0 aromatic carbocycles. The molecule has 0 aliphatic heterocycles. The van der Waals surface area contributed by atoms with E-state index in [-0.39, 0.29) is 24.8 Å². The third-order valence-corrected chi connectivity index (χ3v) is 3.82. The van der Waals surface area contributed by atoms with Crippen LogP contribution in [0.25, 0.3) is 0 Å². The maximum atomic E-state index is 5.39. The van der Waals surface area contributed by atoms with Gasteiger partial charge in [0.25, 0.3) is 0 Å². The zero-order chi connectivity index (χ0) is 9.36. The normalized spacial score (nSPS) is 8.87. The number of rotatable bonds is 6. The van der Waals surface area contributed by atoms with Crippen LogP contribution in [0.3, 0.4) is 0 Å². The summed E-state index contributed by atoms with van der Waals surface area (Å²) in [5, 5.41) is 1.08. The van der Waals surface area contributed by atoms with Gasteiger partial charge in [-0.15, -0.1) is 24.8 Å². The minimum Gasteiger partial charge on any atom is -0.330 e. The molecule has 0 amide bonds. The first kappa shape index (κ1) is 17.8. The predicted molar refractivity (Wildman–Crippen MR) is 75.3 cm³/mol. The molecule has 15 heavy (non-hydrogen) atoms. The van der Waals surface area contributed by atoms with Crippen LogP contribution in [-0.4, -0.2) is 17.3 Å². The van der Waals surface area contributed by atoms with Crippen molar-refractivity contribution in [1.82, 2.24) is 4.98 Å². The minimum atomic E-state index is 0. The summed E-state index contributed by atoms with van der Waals surface area (Å²) in [5.74, 6) is 1.15. The number of nitrogens with two attached hydrogens (primary N) is 1. The highest BCUT2D eigenvalue weighted by atomic mass is 35.5. The van der Waals surface area contributed by atoms with E-state index in [4.69, 9.17) is 5.73 Å². The standard InChI is InChI=1S/C9H14N2S2.2ClH/c10-6-2-4-8-12-13-9-5-1-3-7-11-9;;/h1,3,5,7H,2,4,6,8,10H2;2*1H. The van der Waals surface area contributed by atoms with Crippen molar-refractivity contribution in [3.05, 3.63) is 24.4 Å². The van der Waals surface area contributed by atoms with Crippen LogP contribution in [0, 0.1) is 0 Å². The fourth-order valence-electron chi connectivity index (χ4n) is 0.804. The molecular formula is C9H16Cl2N2S2. The molecule has 0 spiro atoms. The van der Waals surface area contributed by atoms with Gasteiger partial charge in [0.15, 0.2) is 0 Å². The van der Waals surface area contributed by atoms with Crippen molar-refractivity contribution in [3.63, 3.8) is 0 Å². The summed E-state index contributed by atoms with van der Waals surface area (Å²) in [6, 6.07) is 5.97. The molecule has 1 aromatic rings. The Morgan fingerprint density at radius 2 is 2.00 bits per heavy atom. The summed E-state index contributed by atoms with van der Waals surface area (Å²) < 4.78 is 0. The Morgan fingerprint density at radius 3 is 2.60 bits per heavy atom. The number of pyridine rings is 1. The lowest BCUT2D eigenvalue weighted by molar-refractivity contribution is 0.816. The Morgan fingerprint density at radius 1 is 1.20 bits per heavy atom. The summed E-state index contributed by atoms with van der Waals surface area (Å²) in [4.78, 5) is 4.21. The van der Waals surface area contributed by atoms with Gasteiger partial charge in [-0.25, -0.2) is 4.98 Å². The first-order valence-corrected chi connectivity index (χ1v) is 6.66. The highest BCUT2D eigenvalue weighted by Gasteiger charge is 1.93. The molecule has 0 bridgehead atoms. The zero-order valence-corrected chi connectivity index (χ0v) is 11.6. The van der Waals surface area contributed by atoms with Gasteiger partial charge < -0.3 is 5.73 Å². The zero-order valence-electron chi connectivity index (χ0n) is 8.30. The largest absolute Gasteiger partial charge is 0.330 e. The van der Waals surface area contributed by atoms with Crippen molar-refractivity contribution in [2.75, 3.05) is 12.3 Å². The topological polar surface area (TPSA) is 38.9 Å². The Kier molecular flexibility index (Phi) is 14.8. The maximum Gasteiger partial charge on any atom is 0.106 e. The number of hydrogen-bond donors (Lipinski definition) is 1. The molecule has 0 saturated heterocycles. The second kappa shape index (κ2) is 12.5. The third-order valence-electron chi connectivity index (χ3n) is 1.46. The van der Waals surface area contributed by atoms with Gasteiger partial charge in [-0.05, 0) is 42.3 Å². The molecule has 6 heteroatoms. The number of unbranched alkanes of at least 4 members (excludes halogenated alkanes) is 1. The van der Waals surface area contributed by atoms with E-state index in [0.717, 1.165) is 23.7 Å². The lowest BCUT2D eigenvalue weighted by atomic mass is 10.3. The molecule has 0 fully saturated rings. The van der Waals surface area contributed by atoms with E-state index in [1.54, 1.807) is 10.8 Å². The van der Waals surface area contributed by atoms with Gasteiger partial charge in [-0.1, -0.05) is 16.9 Å². The highest BCUT2D eigenvalue weighted by Crippen LogP contribution is 2.29. The van der Waals surface area contributed by atoms with E-state index < -0.39 is 0 Å². The van der Waals surface area contributed by atoms with Crippen molar-refractivity contribution in [3.8, 4) is 0 Å². The van der Waals surface area contributed by atoms with E-state index >= 15 is 0 Å². The number of halogens is 2. The number of nitrogens with zero attached hydrogens (tertiary/aromatic N) is 1. The Labute approximate surface area is 111 Å². The molecular weight excluding hydrogens is 271 g/mol. The molecule has 0 aliphatic rings. The molecule has 0 atom stereocenters. The molecule has 88 valence electrons. The second-order valence-corrected chi connectivity index (χ2v) is 5.01. The maximum absolute atomic E-state index is 5.39. The average molecular weight is 287 g/mol. The van der Waals surface area contributed by atoms with Crippen molar-refractivity contribution in [2.45, 2.75) is 17.9 Å². The van der Waals surface area contributed by atoms with E-state index in [1.165, 1.54) is 6.42 Å². The van der Waals surface area contributed by atoms with E-state index in [0.29, 0.717) is 0 Å². The third kappa shape index (κ3) is 9.33. The van der Waals surface area contributed by atoms with Crippen molar-refractivity contribution >= 4 is 46.4 Å². The summed E-state index contributed by atoms with van der Waals surface area (Å²) in [7, 11) is 3.58. The highest BCUT2D eigenvalue weighted by molar-refractivity contribution is 8.76. The van der Waals surface area contributed by atoms with Gasteiger partial charge in [0.2, 0.25) is 0 Å². The summed E-state index contributed by atoms with van der Waals surface area (Å²) in [6.07, 6.45) is 4.14. The molecule has 0 unspecified atom stereocenters. The van der Waals surface area contributed by atoms with Crippen molar-refractivity contribution < 1.29 is 0 Å². The molecule has 1 rings (SSSR count). The summed E-state index contributed by atoms with van der Waals surface area (Å²) >= 11 is 0. The van der Waals surface area contributed by atoms with Crippen LogP contribution in [0.2, 0.25) is 0 Å². The SMILES string of the molecule is Cl.Cl.NCCCCSSc1ccccn1. The van der Waals surface area contributed by atoms with Gasteiger partial charge in [0.05, 0.1) is 0 Å². The van der Waals surface area contributed by atoms with Gasteiger partial charge in [-0.2, -0.15) is 0 Å². The minimum absolute atomic E-state index is 0. The van der Waals surface area contributed by atoms with Gasteiger partial charge >= 0.3 is 0 Å². The molecule has 2 N–H and O–H groups in total. The van der Waals surface area contributed by atoms with Crippen LogP contribution in [0.5, 0.6) is 0 Å². The number of aromatic nitrogens is 1. The van der Waals surface area contributed by atoms with Gasteiger partial charge in [0.1, 0.15) is 5.03 Å². The van der Waals surface area contributed by atoms with Gasteiger partial charge in [0, 0.05) is 11.9 Å². The lowest BCUT2D eigenvalue weighted by Crippen LogP contribution is -1.97. The second-order valence-electron chi connectivity index (χ2n) is 2.57. The van der Waals surface area contributed by atoms with Crippen LogP contribution >= 0.6 is 46.4 Å². The molecule has 1 heterocycles. The van der Waals surface area contributed by atoms with Gasteiger partial charge in [-0.3, -0.25) is 0 Å². The lowest BCUT2D eigenvalue weighted by Gasteiger charge is -1.98. The molecule has 0 radical (unpaired) electrons. The van der Waals surface area contributed by atoms with Crippen LogP contribution in [0.15, 0.2) is 29.4 Å². The van der Waals surface area contributed by atoms with E-state index in [9.17, 15) is 0 Å². The van der Waals surface area contributed by atoms with E-state index in [1.807, 2.05) is 35.2 Å². The van der Waals surface area contributed by atoms with E-state index in [2.05, 4.69) is 4.98 Å². The monoisotopic (exact) mass is 286 g/mol. The molecule has 2 nitrogen and oxygen atoms in total. The first-order chi connectivity index (χ1) is 6.43. The molecule has 0 saturated carbocycles. The van der Waals surface area contributed by atoms with Crippen LogP contribution < -0.4 is 5.73 Å². The Hall–Kier alpha value is 0.390. The van der Waals surface area contributed by atoms with Crippen LogP contribution in [0.4, 0.5) is 0 Å². The fraction of sp³-hybridized carbons (Fsp3) is 0.444. The van der Waals surface area contributed by atoms with Crippen LogP contribution in [0.1, 0.15) is 12.8 Å². The summed E-state index contributed by atoms with van der Waals surface area (Å²) in [5.41, 5.74) is 5.39. The Bertz CT molecular complexity index is 225. The average Bonchev–Trinajstić information content (AvgIpc) is 2.19. The van der Waals surface area contributed by atoms with Crippen molar-refractivity contribution in [1.29, 1.82) is 0 Å². The smallest absolute Gasteiger partial charge is 0.106 e. The molecule has 0 aliphatic carbocycles.